The van der Waals surface area contributed by atoms with Gasteiger partial charge in [0.2, 0.25) is 5.89 Å². The van der Waals surface area contributed by atoms with Crippen LogP contribution in [-0.4, -0.2) is 41.5 Å². The summed E-state index contributed by atoms with van der Waals surface area (Å²) >= 11 is 0. The fourth-order valence-corrected chi connectivity index (χ4v) is 3.24. The van der Waals surface area contributed by atoms with Crippen molar-refractivity contribution in [1.82, 2.24) is 15.2 Å². The third-order valence-electron chi connectivity index (χ3n) is 4.65. The van der Waals surface area contributed by atoms with Crippen LogP contribution in [0.2, 0.25) is 0 Å². The maximum Gasteiger partial charge on any atom is 0.273 e. The summed E-state index contributed by atoms with van der Waals surface area (Å²) in [7, 11) is 0. The minimum Gasteiger partial charge on any atom is -0.446 e. The Morgan fingerprint density at radius 3 is 3.00 bits per heavy atom. The third kappa shape index (κ3) is 5.60. The van der Waals surface area contributed by atoms with E-state index < -0.39 is 0 Å². The number of likely N-dealkylation sites (tertiary alicyclic amines) is 1. The van der Waals surface area contributed by atoms with Crippen molar-refractivity contribution >= 4 is 5.91 Å². The lowest BCUT2D eigenvalue weighted by Crippen LogP contribution is -2.39. The van der Waals surface area contributed by atoms with Gasteiger partial charge in [0.05, 0.1) is 6.04 Å². The molecule has 1 aromatic heterocycles. The standard InChI is InChI=1S/C18H32N4O2/c1-13(2)11-15(19)18-21-16(12-24-18)17(23)20-8-6-10-22-9-5-4-7-14(22)3/h12-15H,4-11,19H2,1-3H3,(H,20,23). The molecular weight excluding hydrogens is 304 g/mol. The molecule has 0 spiro atoms. The number of hydrogen-bond acceptors (Lipinski definition) is 5. The Morgan fingerprint density at radius 2 is 2.29 bits per heavy atom. The van der Waals surface area contributed by atoms with Crippen molar-refractivity contribution in [3.05, 3.63) is 17.8 Å². The van der Waals surface area contributed by atoms with E-state index in [1.54, 1.807) is 0 Å². The number of nitrogens with zero attached hydrogens (tertiary/aromatic N) is 2. The number of carbonyl (C=O) groups is 1. The van der Waals surface area contributed by atoms with E-state index in [1.165, 1.54) is 32.1 Å². The van der Waals surface area contributed by atoms with Crippen LogP contribution in [0.4, 0.5) is 0 Å². The lowest BCUT2D eigenvalue weighted by Gasteiger charge is -2.33. The summed E-state index contributed by atoms with van der Waals surface area (Å²) in [6.07, 6.45) is 7.04. The van der Waals surface area contributed by atoms with E-state index in [1.807, 2.05) is 0 Å². The number of nitrogens with one attached hydrogen (secondary N) is 1. The summed E-state index contributed by atoms with van der Waals surface area (Å²) in [4.78, 5) is 18.9. The fraction of sp³-hybridized carbons (Fsp3) is 0.778. The van der Waals surface area contributed by atoms with E-state index >= 15 is 0 Å². The quantitative estimate of drug-likeness (QED) is 0.713. The van der Waals surface area contributed by atoms with Crippen molar-refractivity contribution in [2.45, 2.75) is 65.0 Å². The number of oxazole rings is 1. The highest BCUT2D eigenvalue weighted by atomic mass is 16.3. The average Bonchev–Trinajstić information content (AvgIpc) is 3.02. The number of amides is 1. The van der Waals surface area contributed by atoms with Crippen LogP contribution < -0.4 is 11.1 Å². The van der Waals surface area contributed by atoms with E-state index in [-0.39, 0.29) is 11.9 Å². The molecule has 2 atom stereocenters. The van der Waals surface area contributed by atoms with Gasteiger partial charge >= 0.3 is 0 Å². The van der Waals surface area contributed by atoms with E-state index in [0.29, 0.717) is 30.1 Å². The molecule has 24 heavy (non-hydrogen) atoms. The fourth-order valence-electron chi connectivity index (χ4n) is 3.24. The molecule has 0 radical (unpaired) electrons. The van der Waals surface area contributed by atoms with Crippen molar-refractivity contribution in [3.63, 3.8) is 0 Å². The molecule has 1 aliphatic rings. The van der Waals surface area contributed by atoms with Crippen LogP contribution in [0.25, 0.3) is 0 Å². The second kappa shape index (κ2) is 9.18. The molecule has 1 aliphatic heterocycles. The molecule has 136 valence electrons. The summed E-state index contributed by atoms with van der Waals surface area (Å²) in [5.41, 5.74) is 6.35. The first-order valence-corrected chi connectivity index (χ1v) is 9.20. The zero-order chi connectivity index (χ0) is 17.5. The van der Waals surface area contributed by atoms with Crippen molar-refractivity contribution in [2.75, 3.05) is 19.6 Å². The van der Waals surface area contributed by atoms with Crippen LogP contribution in [-0.2, 0) is 0 Å². The van der Waals surface area contributed by atoms with Gasteiger partial charge in [-0.05, 0) is 45.1 Å². The van der Waals surface area contributed by atoms with E-state index in [2.05, 4.69) is 36.0 Å². The lowest BCUT2D eigenvalue weighted by molar-refractivity contribution is 0.0944. The van der Waals surface area contributed by atoms with Gasteiger partial charge in [-0.3, -0.25) is 4.79 Å². The molecule has 0 aliphatic carbocycles. The normalized spacial score (nSPS) is 20.3. The van der Waals surface area contributed by atoms with Crippen LogP contribution in [0.3, 0.4) is 0 Å². The molecule has 2 heterocycles. The Hall–Kier alpha value is -1.40. The Balaban J connectivity index is 1.71. The molecule has 6 nitrogen and oxygen atoms in total. The minimum absolute atomic E-state index is 0.187. The number of aromatic nitrogens is 1. The van der Waals surface area contributed by atoms with Crippen LogP contribution in [0.5, 0.6) is 0 Å². The maximum atomic E-state index is 12.1. The topological polar surface area (TPSA) is 84.4 Å². The number of piperidine rings is 1. The predicted molar refractivity (Wildman–Crippen MR) is 94.7 cm³/mol. The van der Waals surface area contributed by atoms with Crippen LogP contribution in [0.15, 0.2) is 10.7 Å². The Labute approximate surface area is 145 Å². The van der Waals surface area contributed by atoms with E-state index in [0.717, 1.165) is 19.4 Å². The molecule has 2 unspecified atom stereocenters. The second-order valence-electron chi connectivity index (χ2n) is 7.30. The SMILES string of the molecule is CC(C)CC(N)c1nc(C(=O)NCCCN2CCCCC2C)co1. The van der Waals surface area contributed by atoms with Gasteiger partial charge in [-0.1, -0.05) is 20.3 Å². The molecule has 2 rings (SSSR count). The molecule has 0 bridgehead atoms. The molecule has 1 amide bonds. The van der Waals surface area contributed by atoms with Gasteiger partial charge in [0.15, 0.2) is 5.69 Å². The molecule has 1 fully saturated rings. The highest BCUT2D eigenvalue weighted by Crippen LogP contribution is 2.18. The zero-order valence-corrected chi connectivity index (χ0v) is 15.3. The number of rotatable bonds is 8. The molecule has 6 heteroatoms. The number of carbonyl (C=O) groups excluding carboxylic acids is 1. The van der Waals surface area contributed by atoms with Gasteiger partial charge in [-0.2, -0.15) is 0 Å². The number of nitrogens with two attached hydrogens (primary N) is 1. The lowest BCUT2D eigenvalue weighted by atomic mass is 10.0. The predicted octanol–water partition coefficient (Wildman–Crippen LogP) is 2.71. The summed E-state index contributed by atoms with van der Waals surface area (Å²) in [5, 5.41) is 2.92. The van der Waals surface area contributed by atoms with E-state index in [4.69, 9.17) is 10.2 Å². The van der Waals surface area contributed by atoms with Gasteiger partial charge in [-0.25, -0.2) is 4.98 Å². The minimum atomic E-state index is -0.257. The van der Waals surface area contributed by atoms with Crippen molar-refractivity contribution in [1.29, 1.82) is 0 Å². The molecule has 1 saturated heterocycles. The second-order valence-corrected chi connectivity index (χ2v) is 7.30. The first-order chi connectivity index (χ1) is 11.5. The first-order valence-electron chi connectivity index (χ1n) is 9.20. The molecule has 0 aromatic carbocycles. The van der Waals surface area contributed by atoms with Gasteiger partial charge in [0.1, 0.15) is 6.26 Å². The monoisotopic (exact) mass is 336 g/mol. The smallest absolute Gasteiger partial charge is 0.273 e. The maximum absolute atomic E-state index is 12.1. The highest BCUT2D eigenvalue weighted by molar-refractivity contribution is 5.91. The summed E-state index contributed by atoms with van der Waals surface area (Å²) in [6, 6.07) is 0.405. The van der Waals surface area contributed by atoms with Gasteiger partial charge < -0.3 is 20.4 Å². The Morgan fingerprint density at radius 1 is 1.50 bits per heavy atom. The zero-order valence-electron chi connectivity index (χ0n) is 15.3. The Bertz CT molecular complexity index is 515. The van der Waals surface area contributed by atoms with E-state index in [9.17, 15) is 4.79 Å². The Kier molecular flexibility index (Phi) is 7.24. The van der Waals surface area contributed by atoms with Gasteiger partial charge in [0, 0.05) is 19.1 Å². The average molecular weight is 336 g/mol. The highest BCUT2D eigenvalue weighted by Gasteiger charge is 2.19. The summed E-state index contributed by atoms with van der Waals surface area (Å²) < 4.78 is 5.36. The number of hydrogen-bond donors (Lipinski definition) is 2. The summed E-state index contributed by atoms with van der Waals surface area (Å²) in [5.74, 6) is 0.714. The molecule has 0 saturated carbocycles. The third-order valence-corrected chi connectivity index (χ3v) is 4.65. The van der Waals surface area contributed by atoms with Crippen molar-refractivity contribution in [2.24, 2.45) is 11.7 Å². The summed E-state index contributed by atoms with van der Waals surface area (Å²) in [6.45, 7) is 9.34. The molecule has 1 aromatic rings. The van der Waals surface area contributed by atoms with Crippen molar-refractivity contribution in [3.8, 4) is 0 Å². The van der Waals surface area contributed by atoms with Crippen LogP contribution in [0, 0.1) is 5.92 Å². The van der Waals surface area contributed by atoms with Crippen molar-refractivity contribution < 1.29 is 9.21 Å². The molecule has 3 N–H and O–H groups in total. The van der Waals surface area contributed by atoms with Crippen LogP contribution >= 0.6 is 0 Å². The van der Waals surface area contributed by atoms with Gasteiger partial charge in [0.25, 0.3) is 5.91 Å². The van der Waals surface area contributed by atoms with Crippen LogP contribution in [0.1, 0.15) is 75.3 Å². The molecular formula is C18H32N4O2. The first kappa shape index (κ1) is 18.9. The van der Waals surface area contributed by atoms with Gasteiger partial charge in [-0.15, -0.1) is 0 Å². The largest absolute Gasteiger partial charge is 0.446 e.